The lowest BCUT2D eigenvalue weighted by Crippen LogP contribution is -2.39. The molecule has 0 saturated heterocycles. The molecule has 1 amide bonds. The van der Waals surface area contributed by atoms with E-state index in [-0.39, 0.29) is 16.1 Å². The van der Waals surface area contributed by atoms with Gasteiger partial charge in [0.2, 0.25) is 0 Å². The zero-order valence-electron chi connectivity index (χ0n) is 15.6. The molecule has 1 N–H and O–H groups in total. The quantitative estimate of drug-likeness (QED) is 0.443. The van der Waals surface area contributed by atoms with Crippen molar-refractivity contribution in [1.29, 1.82) is 0 Å². The monoisotopic (exact) mass is 445 g/mol. The van der Waals surface area contributed by atoms with Crippen LogP contribution in [0.25, 0.3) is 0 Å². The first-order valence-corrected chi connectivity index (χ1v) is 10.6. The van der Waals surface area contributed by atoms with Crippen LogP contribution in [0.4, 0.5) is 10.1 Å². The molecule has 3 aromatic carbocycles. The van der Waals surface area contributed by atoms with Crippen LogP contribution in [0.15, 0.2) is 88.9 Å². The molecule has 3 rings (SSSR count). The Kier molecular flexibility index (Phi) is 6.81. The van der Waals surface area contributed by atoms with Crippen molar-refractivity contribution in [3.63, 3.8) is 0 Å². The molecule has 6 nitrogen and oxygen atoms in total. The van der Waals surface area contributed by atoms with Crippen LogP contribution in [-0.2, 0) is 14.8 Å². The molecule has 0 spiro atoms. The second-order valence-corrected chi connectivity index (χ2v) is 8.41. The van der Waals surface area contributed by atoms with E-state index >= 15 is 0 Å². The number of sulfonamides is 1. The van der Waals surface area contributed by atoms with Gasteiger partial charge in [-0.15, -0.1) is 0 Å². The molecule has 0 saturated carbocycles. The molecule has 0 aliphatic carbocycles. The Hall–Kier alpha value is -3.23. The van der Waals surface area contributed by atoms with E-state index in [9.17, 15) is 17.6 Å². The van der Waals surface area contributed by atoms with Crippen molar-refractivity contribution in [3.05, 3.63) is 95.3 Å². The minimum atomic E-state index is -4.03. The van der Waals surface area contributed by atoms with Crippen LogP contribution >= 0.6 is 11.6 Å². The number of hydrazone groups is 1. The van der Waals surface area contributed by atoms with E-state index in [4.69, 9.17) is 11.6 Å². The first-order chi connectivity index (χ1) is 14.4. The van der Waals surface area contributed by atoms with Gasteiger partial charge >= 0.3 is 0 Å². The summed E-state index contributed by atoms with van der Waals surface area (Å²) in [6.07, 6.45) is 1.14. The van der Waals surface area contributed by atoms with Crippen molar-refractivity contribution in [2.75, 3.05) is 10.8 Å². The molecule has 0 fully saturated rings. The average molecular weight is 446 g/mol. The minimum absolute atomic E-state index is 0.0302. The number of nitrogens with zero attached hydrogens (tertiary/aromatic N) is 2. The molecule has 0 bridgehead atoms. The second kappa shape index (κ2) is 9.51. The molecule has 0 radical (unpaired) electrons. The SMILES string of the molecule is O=C(CN(c1ccc(Cl)cc1)S(=O)(=O)c1ccccc1)N/N=C\c1ccccc1F. The van der Waals surface area contributed by atoms with E-state index in [0.717, 1.165) is 10.5 Å². The highest BCUT2D eigenvalue weighted by atomic mass is 35.5. The number of nitrogens with one attached hydrogen (secondary N) is 1. The highest BCUT2D eigenvalue weighted by Gasteiger charge is 2.27. The summed E-state index contributed by atoms with van der Waals surface area (Å²) < 4.78 is 40.8. The Morgan fingerprint density at radius 3 is 2.30 bits per heavy atom. The van der Waals surface area contributed by atoms with Crippen molar-refractivity contribution in [2.45, 2.75) is 4.90 Å². The fraction of sp³-hybridized carbons (Fsp3) is 0.0476. The number of amides is 1. The van der Waals surface area contributed by atoms with Crippen molar-refractivity contribution in [1.82, 2.24) is 5.43 Å². The van der Waals surface area contributed by atoms with Gasteiger partial charge in [-0.2, -0.15) is 5.10 Å². The van der Waals surface area contributed by atoms with E-state index < -0.39 is 28.3 Å². The molecule has 0 unspecified atom stereocenters. The maximum Gasteiger partial charge on any atom is 0.264 e. The zero-order valence-corrected chi connectivity index (χ0v) is 17.1. The molecule has 3 aromatic rings. The van der Waals surface area contributed by atoms with E-state index in [0.29, 0.717) is 5.02 Å². The van der Waals surface area contributed by atoms with Gasteiger partial charge in [0.1, 0.15) is 12.4 Å². The molecular formula is C21H17ClFN3O3S. The number of halogens is 2. The molecule has 0 aliphatic heterocycles. The van der Waals surface area contributed by atoms with Gasteiger partial charge in [0.15, 0.2) is 0 Å². The topological polar surface area (TPSA) is 78.8 Å². The first kappa shape index (κ1) is 21.5. The summed E-state index contributed by atoms with van der Waals surface area (Å²) in [6, 6.07) is 19.7. The van der Waals surface area contributed by atoms with Gasteiger partial charge in [-0.25, -0.2) is 18.2 Å². The maximum absolute atomic E-state index is 13.6. The molecule has 0 aliphatic rings. The van der Waals surface area contributed by atoms with Gasteiger partial charge in [0.05, 0.1) is 16.8 Å². The standard InChI is InChI=1S/C21H17ClFN3O3S/c22-17-10-12-18(13-11-17)26(30(28,29)19-7-2-1-3-8-19)15-21(27)25-24-14-16-6-4-5-9-20(16)23/h1-14H,15H2,(H,25,27)/b24-14-. The van der Waals surface area contributed by atoms with Gasteiger partial charge in [0.25, 0.3) is 15.9 Å². The lowest BCUT2D eigenvalue weighted by atomic mass is 10.2. The molecule has 30 heavy (non-hydrogen) atoms. The third-order valence-electron chi connectivity index (χ3n) is 4.03. The Labute approximate surface area is 178 Å². The van der Waals surface area contributed by atoms with Gasteiger partial charge in [-0.1, -0.05) is 48.0 Å². The number of hydrogen-bond acceptors (Lipinski definition) is 4. The number of benzene rings is 3. The van der Waals surface area contributed by atoms with Gasteiger partial charge in [-0.3, -0.25) is 9.10 Å². The largest absolute Gasteiger partial charge is 0.271 e. The van der Waals surface area contributed by atoms with Crippen LogP contribution in [0.1, 0.15) is 5.56 Å². The number of carbonyl (C=O) groups is 1. The van der Waals surface area contributed by atoms with E-state index in [2.05, 4.69) is 10.5 Å². The Morgan fingerprint density at radius 1 is 1.00 bits per heavy atom. The molecule has 9 heteroatoms. The Balaban J connectivity index is 1.83. The lowest BCUT2D eigenvalue weighted by Gasteiger charge is -2.23. The number of rotatable bonds is 7. The lowest BCUT2D eigenvalue weighted by molar-refractivity contribution is -0.119. The van der Waals surface area contributed by atoms with Crippen LogP contribution < -0.4 is 9.73 Å². The summed E-state index contributed by atoms with van der Waals surface area (Å²) in [5, 5.41) is 4.14. The predicted octanol–water partition coefficient (Wildman–Crippen LogP) is 3.82. The normalized spacial score (nSPS) is 11.4. The van der Waals surface area contributed by atoms with Crippen molar-refractivity contribution in [2.24, 2.45) is 5.10 Å². The summed E-state index contributed by atoms with van der Waals surface area (Å²) in [6.45, 7) is -0.534. The van der Waals surface area contributed by atoms with Crippen molar-refractivity contribution < 1.29 is 17.6 Å². The van der Waals surface area contributed by atoms with Crippen LogP contribution in [0.2, 0.25) is 5.02 Å². The summed E-state index contributed by atoms with van der Waals surface area (Å²) in [7, 11) is -4.03. The molecule has 154 valence electrons. The third-order valence-corrected chi connectivity index (χ3v) is 6.07. The fourth-order valence-electron chi connectivity index (χ4n) is 2.56. The summed E-state index contributed by atoms with van der Waals surface area (Å²) in [5.41, 5.74) is 2.67. The summed E-state index contributed by atoms with van der Waals surface area (Å²) in [4.78, 5) is 12.4. The summed E-state index contributed by atoms with van der Waals surface area (Å²) in [5.74, 6) is -1.19. The average Bonchev–Trinajstić information content (AvgIpc) is 2.75. The number of carbonyl (C=O) groups excluding carboxylic acids is 1. The molecule has 0 heterocycles. The molecule has 0 aromatic heterocycles. The molecular weight excluding hydrogens is 429 g/mol. The van der Waals surface area contributed by atoms with Crippen molar-refractivity contribution >= 4 is 39.4 Å². The van der Waals surface area contributed by atoms with Gasteiger partial charge in [-0.05, 0) is 42.5 Å². The van der Waals surface area contributed by atoms with Crippen LogP contribution in [0, 0.1) is 5.82 Å². The second-order valence-electron chi connectivity index (χ2n) is 6.12. The minimum Gasteiger partial charge on any atom is -0.271 e. The fourth-order valence-corrected chi connectivity index (χ4v) is 4.13. The van der Waals surface area contributed by atoms with E-state index in [1.165, 1.54) is 54.6 Å². The van der Waals surface area contributed by atoms with Crippen molar-refractivity contribution in [3.8, 4) is 0 Å². The number of anilines is 1. The predicted molar refractivity (Wildman–Crippen MR) is 115 cm³/mol. The maximum atomic E-state index is 13.6. The zero-order chi connectivity index (χ0) is 21.6. The van der Waals surface area contributed by atoms with Gasteiger partial charge < -0.3 is 0 Å². The van der Waals surface area contributed by atoms with Crippen LogP contribution in [0.5, 0.6) is 0 Å². The van der Waals surface area contributed by atoms with E-state index in [1.807, 2.05) is 0 Å². The smallest absolute Gasteiger partial charge is 0.264 e. The first-order valence-electron chi connectivity index (χ1n) is 8.78. The molecule has 0 atom stereocenters. The van der Waals surface area contributed by atoms with Crippen LogP contribution in [0.3, 0.4) is 0 Å². The number of hydrogen-bond donors (Lipinski definition) is 1. The Morgan fingerprint density at radius 2 is 1.63 bits per heavy atom. The highest BCUT2D eigenvalue weighted by molar-refractivity contribution is 7.92. The third kappa shape index (κ3) is 5.22. The van der Waals surface area contributed by atoms with E-state index in [1.54, 1.807) is 24.3 Å². The Bertz CT molecular complexity index is 1150. The van der Waals surface area contributed by atoms with Crippen LogP contribution in [-0.4, -0.2) is 27.1 Å². The summed E-state index contributed by atoms with van der Waals surface area (Å²) >= 11 is 5.90. The van der Waals surface area contributed by atoms with Gasteiger partial charge in [0, 0.05) is 10.6 Å². The highest BCUT2D eigenvalue weighted by Crippen LogP contribution is 2.25.